The second kappa shape index (κ2) is 12.7. The van der Waals surface area contributed by atoms with Crippen molar-refractivity contribution < 1.29 is 9.59 Å². The maximum Gasteiger partial charge on any atom is 0.256 e. The third kappa shape index (κ3) is 6.68. The number of nitrogens with zero attached hydrogens (tertiary/aromatic N) is 3. The van der Waals surface area contributed by atoms with Crippen LogP contribution in [0.2, 0.25) is 0 Å². The van der Waals surface area contributed by atoms with Gasteiger partial charge in [-0.2, -0.15) is 0 Å². The molecule has 3 aliphatic rings. The van der Waals surface area contributed by atoms with Crippen LogP contribution in [0.15, 0.2) is 47.4 Å². The highest BCUT2D eigenvalue weighted by Gasteiger charge is 2.38. The van der Waals surface area contributed by atoms with Gasteiger partial charge in [-0.15, -0.1) is 0 Å². The molecule has 1 saturated carbocycles. The van der Waals surface area contributed by atoms with Crippen molar-refractivity contribution in [3.8, 4) is 11.1 Å². The highest BCUT2D eigenvalue weighted by molar-refractivity contribution is 6.00. The van der Waals surface area contributed by atoms with Crippen molar-refractivity contribution in [2.45, 2.75) is 71.8 Å². The second-order valence-corrected chi connectivity index (χ2v) is 12.8. The molecule has 1 N–H and O–H groups in total. The summed E-state index contributed by atoms with van der Waals surface area (Å²) < 4.78 is 1.74. The number of hydrogen-bond acceptors (Lipinski definition) is 4. The van der Waals surface area contributed by atoms with Gasteiger partial charge < -0.3 is 19.7 Å². The Morgan fingerprint density at radius 1 is 0.950 bits per heavy atom. The SMILES string of the molecule is CC1(C)CN(C(=O)CCC2CCCCC2)CCC1Cn1cc(C(=O)N2CCNCC2)c(-c2ccccc2)cc1=O. The molecule has 40 heavy (non-hydrogen) atoms. The number of amides is 2. The molecular weight excluding hydrogens is 500 g/mol. The molecule has 1 aliphatic carbocycles. The lowest BCUT2D eigenvalue weighted by atomic mass is 9.73. The Labute approximate surface area is 238 Å². The van der Waals surface area contributed by atoms with Crippen LogP contribution >= 0.6 is 0 Å². The van der Waals surface area contributed by atoms with Crippen LogP contribution in [-0.4, -0.2) is 65.4 Å². The molecule has 1 unspecified atom stereocenters. The summed E-state index contributed by atoms with van der Waals surface area (Å²) in [5.74, 6) is 1.21. The first kappa shape index (κ1) is 28.6. The van der Waals surface area contributed by atoms with E-state index < -0.39 is 0 Å². The zero-order chi connectivity index (χ0) is 28.1. The molecule has 1 aromatic heterocycles. The van der Waals surface area contributed by atoms with E-state index in [0.717, 1.165) is 38.0 Å². The molecule has 7 heteroatoms. The summed E-state index contributed by atoms with van der Waals surface area (Å²) in [4.78, 5) is 44.2. The van der Waals surface area contributed by atoms with Crippen molar-refractivity contribution in [3.05, 3.63) is 58.5 Å². The van der Waals surface area contributed by atoms with Crippen LogP contribution < -0.4 is 10.9 Å². The number of rotatable bonds is 7. The summed E-state index contributed by atoms with van der Waals surface area (Å²) >= 11 is 0. The lowest BCUT2D eigenvalue weighted by molar-refractivity contribution is -0.136. The number of benzene rings is 1. The maximum atomic E-state index is 13.7. The van der Waals surface area contributed by atoms with Crippen LogP contribution in [0.5, 0.6) is 0 Å². The minimum Gasteiger partial charge on any atom is -0.342 e. The number of likely N-dealkylation sites (tertiary alicyclic amines) is 1. The molecule has 7 nitrogen and oxygen atoms in total. The van der Waals surface area contributed by atoms with Gasteiger partial charge >= 0.3 is 0 Å². The number of piperidine rings is 1. The number of carbonyl (C=O) groups is 2. The van der Waals surface area contributed by atoms with Crippen molar-refractivity contribution >= 4 is 11.8 Å². The minimum absolute atomic E-state index is 0.0215. The van der Waals surface area contributed by atoms with Crippen molar-refractivity contribution in [2.24, 2.45) is 17.3 Å². The molecule has 1 aromatic carbocycles. The lowest BCUT2D eigenvalue weighted by Crippen LogP contribution is -2.50. The smallest absolute Gasteiger partial charge is 0.256 e. The van der Waals surface area contributed by atoms with E-state index in [0.29, 0.717) is 49.6 Å². The molecule has 5 rings (SSSR count). The standard InChI is InChI=1S/C33H46N4O3/c1-33(2)24-36(30(38)14-13-25-9-5-3-6-10-25)18-15-27(33)22-37-23-29(32(40)35-19-16-34-17-20-35)28(21-31(37)39)26-11-7-4-8-12-26/h4,7-8,11-12,21,23,25,27,34H,3,5-6,9-10,13-20,22,24H2,1-2H3. The fourth-order valence-corrected chi connectivity index (χ4v) is 6.93. The first-order valence-corrected chi connectivity index (χ1v) is 15.4. The molecule has 3 fully saturated rings. The average Bonchev–Trinajstić information content (AvgIpc) is 2.98. The summed E-state index contributed by atoms with van der Waals surface area (Å²) in [6, 6.07) is 11.4. The predicted octanol–water partition coefficient (Wildman–Crippen LogP) is 4.80. The van der Waals surface area contributed by atoms with Crippen molar-refractivity contribution in [1.29, 1.82) is 0 Å². The molecule has 0 spiro atoms. The van der Waals surface area contributed by atoms with E-state index in [4.69, 9.17) is 0 Å². The van der Waals surface area contributed by atoms with Gasteiger partial charge in [-0.25, -0.2) is 0 Å². The number of nitrogens with one attached hydrogen (secondary N) is 1. The highest BCUT2D eigenvalue weighted by atomic mass is 16.2. The van der Waals surface area contributed by atoms with Crippen molar-refractivity contribution in [2.75, 3.05) is 39.3 Å². The Balaban J connectivity index is 1.31. The summed E-state index contributed by atoms with van der Waals surface area (Å²) in [5.41, 5.74) is 1.95. The van der Waals surface area contributed by atoms with Gasteiger partial charge in [0.15, 0.2) is 0 Å². The van der Waals surface area contributed by atoms with Gasteiger partial charge in [0.1, 0.15) is 0 Å². The molecule has 2 aromatic rings. The van der Waals surface area contributed by atoms with E-state index in [-0.39, 0.29) is 28.7 Å². The fourth-order valence-electron chi connectivity index (χ4n) is 6.93. The first-order valence-electron chi connectivity index (χ1n) is 15.4. The number of aromatic nitrogens is 1. The average molecular weight is 547 g/mol. The van der Waals surface area contributed by atoms with Gasteiger partial charge in [0.05, 0.1) is 5.56 Å². The van der Waals surface area contributed by atoms with Gasteiger partial charge in [-0.3, -0.25) is 14.4 Å². The predicted molar refractivity (Wildman–Crippen MR) is 159 cm³/mol. The van der Waals surface area contributed by atoms with E-state index in [1.54, 1.807) is 16.8 Å². The Hall–Kier alpha value is -2.93. The summed E-state index contributed by atoms with van der Waals surface area (Å²) in [6.45, 7) is 9.30. The van der Waals surface area contributed by atoms with Crippen LogP contribution in [-0.2, 0) is 11.3 Å². The Morgan fingerprint density at radius 2 is 1.68 bits per heavy atom. The van der Waals surface area contributed by atoms with Crippen LogP contribution in [0.4, 0.5) is 0 Å². The molecule has 3 heterocycles. The lowest BCUT2D eigenvalue weighted by Gasteiger charge is -2.44. The Kier molecular flexibility index (Phi) is 9.09. The van der Waals surface area contributed by atoms with Crippen molar-refractivity contribution in [3.63, 3.8) is 0 Å². The number of pyridine rings is 1. The normalized spacial score (nSPS) is 21.8. The van der Waals surface area contributed by atoms with E-state index in [1.165, 1.54) is 32.1 Å². The van der Waals surface area contributed by atoms with Crippen molar-refractivity contribution in [1.82, 2.24) is 19.7 Å². The Morgan fingerprint density at radius 3 is 2.38 bits per heavy atom. The van der Waals surface area contributed by atoms with E-state index in [9.17, 15) is 14.4 Å². The third-order valence-corrected chi connectivity index (χ3v) is 9.56. The second-order valence-electron chi connectivity index (χ2n) is 12.8. The van der Waals surface area contributed by atoms with Crippen LogP contribution in [0.25, 0.3) is 11.1 Å². The first-order chi connectivity index (χ1) is 19.3. The topological polar surface area (TPSA) is 74.7 Å². The molecule has 0 radical (unpaired) electrons. The maximum absolute atomic E-state index is 13.7. The third-order valence-electron chi connectivity index (χ3n) is 9.56. The molecular formula is C33H46N4O3. The summed E-state index contributed by atoms with van der Waals surface area (Å²) in [5, 5.41) is 3.31. The monoisotopic (exact) mass is 546 g/mol. The van der Waals surface area contributed by atoms with E-state index in [1.807, 2.05) is 35.2 Å². The molecule has 2 amide bonds. The van der Waals surface area contributed by atoms with Crippen LogP contribution in [0.3, 0.4) is 0 Å². The van der Waals surface area contributed by atoms with Crippen LogP contribution in [0, 0.1) is 17.3 Å². The summed E-state index contributed by atoms with van der Waals surface area (Å²) in [7, 11) is 0. The molecule has 1 atom stereocenters. The molecule has 0 bridgehead atoms. The van der Waals surface area contributed by atoms with E-state index in [2.05, 4.69) is 24.1 Å². The Bertz CT molecular complexity index is 1230. The van der Waals surface area contributed by atoms with Gasteiger partial charge in [-0.1, -0.05) is 76.3 Å². The van der Waals surface area contributed by atoms with Gasteiger partial charge in [0.25, 0.3) is 11.5 Å². The zero-order valence-electron chi connectivity index (χ0n) is 24.4. The minimum atomic E-state index is -0.126. The summed E-state index contributed by atoms with van der Waals surface area (Å²) in [6.07, 6.45) is 10.8. The quantitative estimate of drug-likeness (QED) is 0.542. The van der Waals surface area contributed by atoms with E-state index >= 15 is 0 Å². The zero-order valence-corrected chi connectivity index (χ0v) is 24.4. The van der Waals surface area contributed by atoms with Gasteiger partial charge in [-0.05, 0) is 35.7 Å². The number of carbonyl (C=O) groups excluding carboxylic acids is 2. The number of hydrogen-bond donors (Lipinski definition) is 1. The molecule has 2 saturated heterocycles. The van der Waals surface area contributed by atoms with Gasteiger partial charge in [0, 0.05) is 70.1 Å². The number of piperazine rings is 1. The highest BCUT2D eigenvalue weighted by Crippen LogP contribution is 2.37. The fraction of sp³-hybridized carbons (Fsp3) is 0.606. The molecule has 2 aliphatic heterocycles. The molecule has 216 valence electrons. The largest absolute Gasteiger partial charge is 0.342 e. The van der Waals surface area contributed by atoms with Gasteiger partial charge in [0.2, 0.25) is 5.91 Å². The van der Waals surface area contributed by atoms with Crippen LogP contribution in [0.1, 0.15) is 75.6 Å².